The normalized spacial score (nSPS) is 10.8. The summed E-state index contributed by atoms with van der Waals surface area (Å²) in [5.74, 6) is 1.29. The second kappa shape index (κ2) is 8.14. The van der Waals surface area contributed by atoms with Crippen LogP contribution in [-0.2, 0) is 0 Å². The van der Waals surface area contributed by atoms with Crippen molar-refractivity contribution in [2.75, 3.05) is 17.7 Å². The van der Waals surface area contributed by atoms with Crippen LogP contribution in [0.25, 0.3) is 10.9 Å². The predicted molar refractivity (Wildman–Crippen MR) is 113 cm³/mol. The molecule has 6 nitrogen and oxygen atoms in total. The second-order valence-corrected chi connectivity index (χ2v) is 6.96. The molecule has 0 aliphatic heterocycles. The maximum atomic E-state index is 6.38. The van der Waals surface area contributed by atoms with Gasteiger partial charge in [-0.2, -0.15) is 0 Å². The quantitative estimate of drug-likeness (QED) is 0.454. The van der Waals surface area contributed by atoms with Gasteiger partial charge in [-0.25, -0.2) is 9.97 Å². The number of pyridine rings is 1. The van der Waals surface area contributed by atoms with Crippen molar-refractivity contribution in [1.82, 2.24) is 15.0 Å². The van der Waals surface area contributed by atoms with E-state index in [-0.39, 0.29) is 0 Å². The number of nitrogens with zero attached hydrogens (tertiary/aromatic N) is 3. The van der Waals surface area contributed by atoms with Crippen LogP contribution in [0.4, 0.5) is 17.2 Å². The van der Waals surface area contributed by atoms with Crippen molar-refractivity contribution in [3.63, 3.8) is 0 Å². The fourth-order valence-electron chi connectivity index (χ4n) is 2.80. The number of nitrogen functional groups attached to an aromatic ring is 1. The van der Waals surface area contributed by atoms with Gasteiger partial charge in [-0.1, -0.05) is 42.1 Å². The molecule has 0 fully saturated rings. The highest BCUT2D eigenvalue weighted by Gasteiger charge is 2.13. The molecule has 0 unspecified atom stereocenters. The Balaban J connectivity index is 1.66. The van der Waals surface area contributed by atoms with E-state index in [0.29, 0.717) is 23.1 Å². The molecule has 3 N–H and O–H groups in total. The van der Waals surface area contributed by atoms with Gasteiger partial charge in [0.1, 0.15) is 22.8 Å². The summed E-state index contributed by atoms with van der Waals surface area (Å²) >= 11 is 1.47. The summed E-state index contributed by atoms with van der Waals surface area (Å²) in [4.78, 5) is 14.2. The third-order valence-corrected chi connectivity index (χ3v) is 5.16. The maximum absolute atomic E-state index is 6.38. The lowest BCUT2D eigenvalue weighted by molar-refractivity contribution is 0.342. The van der Waals surface area contributed by atoms with E-state index < -0.39 is 0 Å². The van der Waals surface area contributed by atoms with Gasteiger partial charge < -0.3 is 15.8 Å². The van der Waals surface area contributed by atoms with Crippen LogP contribution in [0.1, 0.15) is 6.92 Å². The number of anilines is 3. The molecule has 4 aromatic rings. The van der Waals surface area contributed by atoms with E-state index >= 15 is 0 Å². The lowest BCUT2D eigenvalue weighted by Crippen LogP contribution is -2.04. The zero-order chi connectivity index (χ0) is 19.3. The Morgan fingerprint density at radius 3 is 2.75 bits per heavy atom. The van der Waals surface area contributed by atoms with Crippen molar-refractivity contribution >= 4 is 39.9 Å². The Morgan fingerprint density at radius 2 is 1.86 bits per heavy atom. The lowest BCUT2D eigenvalue weighted by atomic mass is 10.2. The van der Waals surface area contributed by atoms with Crippen molar-refractivity contribution in [2.24, 2.45) is 0 Å². The summed E-state index contributed by atoms with van der Waals surface area (Å²) in [6.45, 7) is 2.52. The number of rotatable bonds is 6. The summed E-state index contributed by atoms with van der Waals surface area (Å²) in [5, 5.41) is 5.00. The Morgan fingerprint density at radius 1 is 1.00 bits per heavy atom. The highest BCUT2D eigenvalue weighted by atomic mass is 32.2. The molecular formula is C21H19N5OS. The zero-order valence-corrected chi connectivity index (χ0v) is 16.1. The number of ether oxygens (including phenoxy) is 1. The third-order valence-electron chi connectivity index (χ3n) is 4.09. The lowest BCUT2D eigenvalue weighted by Gasteiger charge is -2.14. The standard InChI is InChI=1S/C21H19N5OS/c1-2-27-16-10-4-3-9-15(16)26-20-18(22)21(25-13-24-20)28-17-11-5-7-14-8-6-12-23-19(14)17/h3-13H,2,22H2,1H3,(H,24,25,26). The first-order valence-electron chi connectivity index (χ1n) is 8.87. The number of hydrogen-bond acceptors (Lipinski definition) is 7. The van der Waals surface area contributed by atoms with Crippen LogP contribution < -0.4 is 15.8 Å². The van der Waals surface area contributed by atoms with E-state index in [0.717, 1.165) is 27.2 Å². The van der Waals surface area contributed by atoms with Gasteiger partial charge >= 0.3 is 0 Å². The molecule has 0 saturated heterocycles. The van der Waals surface area contributed by atoms with Crippen molar-refractivity contribution < 1.29 is 4.74 Å². The predicted octanol–water partition coefficient (Wildman–Crippen LogP) is 4.90. The van der Waals surface area contributed by atoms with E-state index in [1.165, 1.54) is 18.1 Å². The molecule has 140 valence electrons. The molecule has 0 radical (unpaired) electrons. The Bertz CT molecular complexity index is 1110. The molecule has 0 spiro atoms. The smallest absolute Gasteiger partial charge is 0.158 e. The number of hydrogen-bond donors (Lipinski definition) is 2. The number of nitrogens with one attached hydrogen (secondary N) is 1. The Hall–Kier alpha value is -3.32. The summed E-state index contributed by atoms with van der Waals surface area (Å²) in [6.07, 6.45) is 3.29. The molecule has 7 heteroatoms. The molecule has 0 bridgehead atoms. The van der Waals surface area contributed by atoms with Crippen LogP contribution in [0.15, 0.2) is 77.0 Å². The van der Waals surface area contributed by atoms with Gasteiger partial charge in [0, 0.05) is 16.5 Å². The minimum Gasteiger partial charge on any atom is -0.492 e. The van der Waals surface area contributed by atoms with Gasteiger partial charge in [-0.05, 0) is 31.2 Å². The third kappa shape index (κ3) is 3.70. The molecule has 4 rings (SSSR count). The van der Waals surface area contributed by atoms with Crippen molar-refractivity contribution in [2.45, 2.75) is 16.8 Å². The molecule has 2 aromatic heterocycles. The largest absolute Gasteiger partial charge is 0.492 e. The number of benzene rings is 2. The summed E-state index contributed by atoms with van der Waals surface area (Å²) in [7, 11) is 0. The van der Waals surface area contributed by atoms with Crippen LogP contribution in [0, 0.1) is 0 Å². The van der Waals surface area contributed by atoms with Crippen LogP contribution in [0.2, 0.25) is 0 Å². The topological polar surface area (TPSA) is 86.0 Å². The van der Waals surface area contributed by atoms with Gasteiger partial charge in [0.05, 0.1) is 17.8 Å². The Labute approximate surface area is 167 Å². The van der Waals surface area contributed by atoms with Gasteiger partial charge in [-0.15, -0.1) is 0 Å². The maximum Gasteiger partial charge on any atom is 0.158 e. The van der Waals surface area contributed by atoms with Crippen LogP contribution >= 0.6 is 11.8 Å². The highest BCUT2D eigenvalue weighted by molar-refractivity contribution is 7.99. The average molecular weight is 389 g/mol. The molecule has 0 amide bonds. The van der Waals surface area contributed by atoms with E-state index in [9.17, 15) is 0 Å². The van der Waals surface area contributed by atoms with E-state index in [2.05, 4.69) is 20.3 Å². The first kappa shape index (κ1) is 18.1. The first-order valence-corrected chi connectivity index (χ1v) is 9.69. The van der Waals surface area contributed by atoms with Gasteiger partial charge in [0.25, 0.3) is 0 Å². The van der Waals surface area contributed by atoms with Crippen molar-refractivity contribution in [3.8, 4) is 5.75 Å². The summed E-state index contributed by atoms with van der Waals surface area (Å²) in [5.41, 5.74) is 8.58. The number of para-hydroxylation sites is 3. The average Bonchev–Trinajstić information content (AvgIpc) is 2.73. The molecule has 0 atom stereocenters. The van der Waals surface area contributed by atoms with Gasteiger partial charge in [0.15, 0.2) is 5.82 Å². The minimum atomic E-state index is 0.478. The number of aromatic nitrogens is 3. The SMILES string of the molecule is CCOc1ccccc1Nc1ncnc(Sc2cccc3cccnc23)c1N. The van der Waals surface area contributed by atoms with Crippen molar-refractivity contribution in [1.29, 1.82) is 0 Å². The molecule has 0 saturated carbocycles. The monoisotopic (exact) mass is 389 g/mol. The highest BCUT2D eigenvalue weighted by Crippen LogP contribution is 2.37. The van der Waals surface area contributed by atoms with E-state index in [4.69, 9.17) is 10.5 Å². The molecular weight excluding hydrogens is 370 g/mol. The molecule has 0 aliphatic carbocycles. The van der Waals surface area contributed by atoms with Gasteiger partial charge in [0.2, 0.25) is 0 Å². The van der Waals surface area contributed by atoms with E-state index in [1.807, 2.05) is 61.5 Å². The minimum absolute atomic E-state index is 0.478. The fraction of sp³-hybridized carbons (Fsp3) is 0.0952. The molecule has 2 aromatic carbocycles. The van der Waals surface area contributed by atoms with Crippen molar-refractivity contribution in [3.05, 3.63) is 67.1 Å². The fourth-order valence-corrected chi connectivity index (χ4v) is 3.73. The van der Waals surface area contributed by atoms with Crippen LogP contribution in [0.3, 0.4) is 0 Å². The molecule has 2 heterocycles. The van der Waals surface area contributed by atoms with Crippen LogP contribution in [0.5, 0.6) is 5.75 Å². The van der Waals surface area contributed by atoms with Gasteiger partial charge in [-0.3, -0.25) is 4.98 Å². The number of nitrogens with two attached hydrogens (primary N) is 1. The zero-order valence-electron chi connectivity index (χ0n) is 15.3. The Kier molecular flexibility index (Phi) is 5.25. The molecule has 0 aliphatic rings. The van der Waals surface area contributed by atoms with E-state index in [1.54, 1.807) is 6.20 Å². The molecule has 28 heavy (non-hydrogen) atoms. The number of fused-ring (bicyclic) bond motifs is 1. The summed E-state index contributed by atoms with van der Waals surface area (Å²) < 4.78 is 5.66. The second-order valence-electron chi connectivity index (χ2n) is 5.93. The first-order chi connectivity index (χ1) is 13.8. The van der Waals surface area contributed by atoms with Crippen LogP contribution in [-0.4, -0.2) is 21.6 Å². The summed E-state index contributed by atoms with van der Waals surface area (Å²) in [6, 6.07) is 17.7.